The van der Waals surface area contributed by atoms with Crippen LogP contribution in [0.25, 0.3) is 0 Å². The number of oxime groups is 1. The van der Waals surface area contributed by atoms with E-state index in [4.69, 9.17) is 10.9 Å². The first-order valence-corrected chi connectivity index (χ1v) is 8.51. The number of thiophene rings is 1. The van der Waals surface area contributed by atoms with Crippen molar-refractivity contribution in [3.8, 4) is 0 Å². The van der Waals surface area contributed by atoms with Crippen LogP contribution in [-0.2, 0) is 6.54 Å². The molecule has 0 fully saturated rings. The van der Waals surface area contributed by atoms with E-state index in [0.717, 1.165) is 28.4 Å². The van der Waals surface area contributed by atoms with Gasteiger partial charge in [0.1, 0.15) is 0 Å². The van der Waals surface area contributed by atoms with Crippen molar-refractivity contribution in [2.45, 2.75) is 18.4 Å². The van der Waals surface area contributed by atoms with Gasteiger partial charge in [0, 0.05) is 22.5 Å². The number of hydrogen-bond acceptors (Lipinski definition) is 5. The molecule has 2 rings (SSSR count). The predicted molar refractivity (Wildman–Crippen MR) is 91.8 cm³/mol. The van der Waals surface area contributed by atoms with E-state index in [-0.39, 0.29) is 5.84 Å². The zero-order chi connectivity index (χ0) is 15.2. The van der Waals surface area contributed by atoms with Crippen LogP contribution in [0, 0.1) is 0 Å². The molecule has 1 aromatic carbocycles. The maximum atomic E-state index is 9.08. The van der Waals surface area contributed by atoms with Crippen LogP contribution in [0.1, 0.15) is 17.4 Å². The molecule has 0 spiro atoms. The normalized spacial score (nSPS) is 11.6. The fraction of sp³-hybridized carbons (Fsp3) is 0.267. The van der Waals surface area contributed by atoms with Gasteiger partial charge in [-0.1, -0.05) is 24.2 Å². The smallest absolute Gasteiger partial charge is 0.173 e. The lowest BCUT2D eigenvalue weighted by molar-refractivity contribution is 0.318. The van der Waals surface area contributed by atoms with E-state index in [1.54, 1.807) is 23.1 Å². The van der Waals surface area contributed by atoms with E-state index < -0.39 is 0 Å². The molecular weight excluding hydrogens is 302 g/mol. The highest BCUT2D eigenvalue weighted by atomic mass is 32.2. The molecule has 1 aromatic heterocycles. The Bertz CT molecular complexity index is 611. The first-order valence-electron chi connectivity index (χ1n) is 6.64. The first-order chi connectivity index (χ1) is 10.2. The molecular formula is C15H19N3OS2. The van der Waals surface area contributed by atoms with Gasteiger partial charge in [-0.2, -0.15) is 0 Å². The van der Waals surface area contributed by atoms with Crippen LogP contribution in [0.2, 0.25) is 0 Å². The van der Waals surface area contributed by atoms with Gasteiger partial charge in [-0.15, -0.1) is 23.1 Å². The Morgan fingerprint density at radius 3 is 2.81 bits per heavy atom. The molecule has 3 N–H and O–H groups in total. The molecule has 4 nitrogen and oxygen atoms in total. The molecule has 2 aromatic rings. The van der Waals surface area contributed by atoms with Crippen LogP contribution in [0.15, 0.2) is 45.8 Å². The van der Waals surface area contributed by atoms with Crippen molar-refractivity contribution >= 4 is 34.6 Å². The summed E-state index contributed by atoms with van der Waals surface area (Å²) >= 11 is 3.41. The highest BCUT2D eigenvalue weighted by Gasteiger charge is 2.16. The number of rotatable bonds is 6. The number of benzene rings is 1. The number of nitrogens with two attached hydrogens (primary N) is 1. The quantitative estimate of drug-likeness (QED) is 0.281. The Balaban J connectivity index is 2.39. The standard InChI is InChI=1S/C15H19N3OS2/c1-3-20-13-8-4-7-12(14(13)15(16)17-19)18(2)10-11-6-5-9-21-11/h4-9,19H,3,10H2,1-2H3,(H2,16,17). The van der Waals surface area contributed by atoms with Gasteiger partial charge in [0.05, 0.1) is 12.1 Å². The largest absolute Gasteiger partial charge is 0.409 e. The Labute approximate surface area is 133 Å². The molecule has 0 saturated carbocycles. The van der Waals surface area contributed by atoms with Crippen molar-refractivity contribution in [1.29, 1.82) is 0 Å². The summed E-state index contributed by atoms with van der Waals surface area (Å²) in [4.78, 5) is 4.43. The fourth-order valence-electron chi connectivity index (χ4n) is 2.14. The summed E-state index contributed by atoms with van der Waals surface area (Å²) < 4.78 is 0. The molecule has 0 aliphatic heterocycles. The Morgan fingerprint density at radius 2 is 2.19 bits per heavy atom. The summed E-state index contributed by atoms with van der Waals surface area (Å²) in [5, 5.41) is 14.3. The lowest BCUT2D eigenvalue weighted by atomic mass is 10.1. The minimum atomic E-state index is 0.152. The molecule has 21 heavy (non-hydrogen) atoms. The predicted octanol–water partition coefficient (Wildman–Crippen LogP) is 3.59. The third-order valence-corrected chi connectivity index (χ3v) is 4.85. The van der Waals surface area contributed by atoms with Gasteiger partial charge < -0.3 is 15.8 Å². The van der Waals surface area contributed by atoms with Gasteiger partial charge in [0.2, 0.25) is 0 Å². The molecule has 0 radical (unpaired) electrons. The van der Waals surface area contributed by atoms with E-state index >= 15 is 0 Å². The minimum Gasteiger partial charge on any atom is -0.409 e. The summed E-state index contributed by atoms with van der Waals surface area (Å²) in [6.45, 7) is 2.88. The molecule has 0 unspecified atom stereocenters. The van der Waals surface area contributed by atoms with Crippen LogP contribution >= 0.6 is 23.1 Å². The van der Waals surface area contributed by atoms with E-state index in [1.165, 1.54) is 4.88 Å². The molecule has 0 atom stereocenters. The summed E-state index contributed by atoms with van der Waals surface area (Å²) in [7, 11) is 2.02. The minimum absolute atomic E-state index is 0.152. The fourth-order valence-corrected chi connectivity index (χ4v) is 3.74. The second kappa shape index (κ2) is 7.38. The van der Waals surface area contributed by atoms with Crippen molar-refractivity contribution in [3.05, 3.63) is 46.2 Å². The topological polar surface area (TPSA) is 61.8 Å². The first kappa shape index (κ1) is 15.7. The van der Waals surface area contributed by atoms with Gasteiger partial charge in [-0.05, 0) is 29.3 Å². The van der Waals surface area contributed by atoms with Crippen LogP contribution < -0.4 is 10.6 Å². The molecule has 0 aliphatic rings. The second-order valence-electron chi connectivity index (χ2n) is 4.50. The average Bonchev–Trinajstić information content (AvgIpc) is 2.99. The van der Waals surface area contributed by atoms with E-state index in [1.807, 2.05) is 31.3 Å². The Hall–Kier alpha value is -1.66. The highest BCUT2D eigenvalue weighted by Crippen LogP contribution is 2.31. The van der Waals surface area contributed by atoms with Gasteiger partial charge in [-0.3, -0.25) is 0 Å². The number of anilines is 1. The molecule has 0 aliphatic carbocycles. The van der Waals surface area contributed by atoms with Gasteiger partial charge >= 0.3 is 0 Å². The maximum absolute atomic E-state index is 9.08. The van der Waals surface area contributed by atoms with Crippen LogP contribution in [0.5, 0.6) is 0 Å². The van der Waals surface area contributed by atoms with Crippen LogP contribution in [0.4, 0.5) is 5.69 Å². The number of amidine groups is 1. The van der Waals surface area contributed by atoms with Crippen molar-refractivity contribution in [2.75, 3.05) is 17.7 Å². The summed E-state index contributed by atoms with van der Waals surface area (Å²) in [5.41, 5.74) is 7.67. The maximum Gasteiger partial charge on any atom is 0.173 e. The van der Waals surface area contributed by atoms with E-state index in [2.05, 4.69) is 28.4 Å². The number of hydrogen-bond donors (Lipinski definition) is 2. The molecule has 1 heterocycles. The average molecular weight is 321 g/mol. The summed E-state index contributed by atoms with van der Waals surface area (Å²) in [6, 6.07) is 10.2. The monoisotopic (exact) mass is 321 g/mol. The van der Waals surface area contributed by atoms with Crippen molar-refractivity contribution in [3.63, 3.8) is 0 Å². The van der Waals surface area contributed by atoms with Crippen LogP contribution in [0.3, 0.4) is 0 Å². The van der Waals surface area contributed by atoms with E-state index in [9.17, 15) is 0 Å². The number of nitrogens with zero attached hydrogens (tertiary/aromatic N) is 2. The molecule has 112 valence electrons. The molecule has 6 heteroatoms. The molecule has 0 amide bonds. The van der Waals surface area contributed by atoms with Crippen molar-refractivity contribution in [1.82, 2.24) is 0 Å². The molecule has 0 bridgehead atoms. The number of thioether (sulfide) groups is 1. The third kappa shape index (κ3) is 3.71. The Kier molecular flexibility index (Phi) is 5.52. The lowest BCUT2D eigenvalue weighted by Gasteiger charge is -2.23. The van der Waals surface area contributed by atoms with Crippen molar-refractivity contribution < 1.29 is 5.21 Å². The van der Waals surface area contributed by atoms with Gasteiger partial charge in [0.15, 0.2) is 5.84 Å². The van der Waals surface area contributed by atoms with E-state index in [0.29, 0.717) is 0 Å². The third-order valence-electron chi connectivity index (χ3n) is 3.05. The Morgan fingerprint density at radius 1 is 1.38 bits per heavy atom. The zero-order valence-electron chi connectivity index (χ0n) is 12.1. The van der Waals surface area contributed by atoms with Gasteiger partial charge in [-0.25, -0.2) is 0 Å². The zero-order valence-corrected chi connectivity index (χ0v) is 13.7. The summed E-state index contributed by atoms with van der Waals surface area (Å²) in [5.74, 6) is 1.09. The van der Waals surface area contributed by atoms with Gasteiger partial charge in [0.25, 0.3) is 0 Å². The second-order valence-corrected chi connectivity index (χ2v) is 6.84. The van der Waals surface area contributed by atoms with Crippen LogP contribution in [-0.4, -0.2) is 23.8 Å². The SMILES string of the molecule is CCSc1cccc(N(C)Cc2cccs2)c1/C(N)=N/O. The molecule has 0 saturated heterocycles. The lowest BCUT2D eigenvalue weighted by Crippen LogP contribution is -2.23. The van der Waals surface area contributed by atoms with Crippen molar-refractivity contribution in [2.24, 2.45) is 10.9 Å². The summed E-state index contributed by atoms with van der Waals surface area (Å²) in [6.07, 6.45) is 0. The highest BCUT2D eigenvalue weighted by molar-refractivity contribution is 7.99.